The van der Waals surface area contributed by atoms with Crippen molar-refractivity contribution in [2.45, 2.75) is 13.8 Å². The Balaban J connectivity index is 0.000000171. The fourth-order valence-corrected chi connectivity index (χ4v) is 3.61. The molecule has 4 aromatic heterocycles. The van der Waals surface area contributed by atoms with E-state index in [1.165, 1.54) is 22.7 Å². The minimum Gasteiger partial charge on any atom is -0.370 e. The number of guanidine groups is 2. The summed E-state index contributed by atoms with van der Waals surface area (Å²) in [5.74, 6) is 1.72. The molecule has 4 rings (SSSR count). The second-order valence-corrected chi connectivity index (χ2v) is 7.54. The number of aromatic amines is 2. The fraction of sp³-hybridized carbons (Fsp3) is 0.125. The molecule has 0 unspecified atom stereocenters. The van der Waals surface area contributed by atoms with Crippen LogP contribution < -0.4 is 22.9 Å². The Morgan fingerprint density at radius 3 is 1.47 bits per heavy atom. The quantitative estimate of drug-likeness (QED) is 0.200. The van der Waals surface area contributed by atoms with Crippen molar-refractivity contribution in [2.75, 3.05) is 0 Å². The van der Waals surface area contributed by atoms with Crippen molar-refractivity contribution < 1.29 is 0 Å². The highest BCUT2D eigenvalue weighted by molar-refractivity contribution is 7.14. The third kappa shape index (κ3) is 5.62. The van der Waals surface area contributed by atoms with E-state index < -0.39 is 0 Å². The lowest BCUT2D eigenvalue weighted by molar-refractivity contribution is 1.15. The summed E-state index contributed by atoms with van der Waals surface area (Å²) in [4.78, 5) is 30.5. The smallest absolute Gasteiger partial charge is 0.212 e. The van der Waals surface area contributed by atoms with Crippen LogP contribution in [0.4, 0.5) is 10.3 Å². The molecule has 0 spiro atoms. The van der Waals surface area contributed by atoms with Gasteiger partial charge in [0.05, 0.1) is 23.8 Å². The molecule has 0 saturated heterocycles. The van der Waals surface area contributed by atoms with Gasteiger partial charge in [-0.2, -0.15) is 9.98 Å². The number of aromatic nitrogens is 6. The number of nitrogens with two attached hydrogens (primary N) is 4. The van der Waals surface area contributed by atoms with Crippen LogP contribution in [0.2, 0.25) is 0 Å². The lowest BCUT2D eigenvalue weighted by atomic mass is 10.4. The average molecular weight is 445 g/mol. The molecule has 0 saturated carbocycles. The van der Waals surface area contributed by atoms with Gasteiger partial charge in [0, 0.05) is 10.8 Å². The lowest BCUT2D eigenvalue weighted by Crippen LogP contribution is -2.21. The van der Waals surface area contributed by atoms with E-state index in [4.69, 9.17) is 22.9 Å². The number of nitrogens with one attached hydrogen (secondary N) is 2. The monoisotopic (exact) mass is 444 g/mol. The van der Waals surface area contributed by atoms with Crippen LogP contribution in [0.3, 0.4) is 0 Å². The molecular weight excluding hydrogens is 424 g/mol. The van der Waals surface area contributed by atoms with E-state index in [1.54, 1.807) is 12.4 Å². The van der Waals surface area contributed by atoms with Crippen molar-refractivity contribution in [1.29, 1.82) is 0 Å². The maximum Gasteiger partial charge on any atom is 0.212 e. The van der Waals surface area contributed by atoms with Gasteiger partial charge in [0.25, 0.3) is 0 Å². The first kappa shape index (κ1) is 20.9. The topological polar surface area (TPSA) is 212 Å². The largest absolute Gasteiger partial charge is 0.370 e. The Morgan fingerprint density at radius 1 is 0.767 bits per heavy atom. The Hall–Kier alpha value is -3.78. The van der Waals surface area contributed by atoms with Crippen molar-refractivity contribution in [3.8, 4) is 22.8 Å². The number of aliphatic imine (C=N–C) groups is 2. The minimum atomic E-state index is 0.0108. The summed E-state index contributed by atoms with van der Waals surface area (Å²) < 4.78 is 0. The first-order valence-electron chi connectivity index (χ1n) is 8.44. The number of thiazole rings is 2. The number of imidazole rings is 2. The standard InChI is InChI=1S/2C8H10N6S/c2*1-4-11-2-5(12-4)6-3-15-8(13-6)14-7(9)10/h2*2-3H,1H3,(H,11,12)(H4,9,10,13,14). The number of hydrogen-bond acceptors (Lipinski definition) is 8. The SMILES string of the molecule is Cc1ncc(-c2csc(N=C(N)N)n2)[nH]1.Cc1ncc(-c2csc(N=C(N)N)n2)[nH]1. The molecule has 0 bridgehead atoms. The maximum absolute atomic E-state index is 5.25. The summed E-state index contributed by atoms with van der Waals surface area (Å²) in [6.45, 7) is 3.76. The van der Waals surface area contributed by atoms with E-state index in [1.807, 2.05) is 24.6 Å². The van der Waals surface area contributed by atoms with Gasteiger partial charge in [0.15, 0.2) is 11.9 Å². The first-order valence-corrected chi connectivity index (χ1v) is 10.2. The summed E-state index contributed by atoms with van der Waals surface area (Å²) in [7, 11) is 0. The molecule has 4 heterocycles. The molecule has 0 aliphatic carbocycles. The zero-order valence-electron chi connectivity index (χ0n) is 16.1. The molecule has 0 radical (unpaired) electrons. The molecule has 0 aliphatic heterocycles. The van der Waals surface area contributed by atoms with Crippen LogP contribution in [-0.4, -0.2) is 41.8 Å². The van der Waals surface area contributed by atoms with E-state index in [2.05, 4.69) is 39.9 Å². The summed E-state index contributed by atoms with van der Waals surface area (Å²) in [5.41, 5.74) is 24.3. The van der Waals surface area contributed by atoms with E-state index in [0.29, 0.717) is 10.3 Å². The molecule has 0 aliphatic rings. The number of rotatable bonds is 4. The number of hydrogen-bond donors (Lipinski definition) is 6. The molecule has 0 aromatic carbocycles. The highest BCUT2D eigenvalue weighted by Crippen LogP contribution is 2.26. The molecule has 12 nitrogen and oxygen atoms in total. The molecule has 0 amide bonds. The second-order valence-electron chi connectivity index (χ2n) is 5.87. The van der Waals surface area contributed by atoms with Gasteiger partial charge in [-0.3, -0.25) is 0 Å². The van der Waals surface area contributed by atoms with Gasteiger partial charge < -0.3 is 32.9 Å². The van der Waals surface area contributed by atoms with E-state index in [0.717, 1.165) is 34.4 Å². The summed E-state index contributed by atoms with van der Waals surface area (Å²) in [5, 5.41) is 4.82. The molecule has 30 heavy (non-hydrogen) atoms. The predicted octanol–water partition coefficient (Wildman–Crippen LogP) is 1.49. The van der Waals surface area contributed by atoms with Crippen molar-refractivity contribution in [3.63, 3.8) is 0 Å². The first-order chi connectivity index (χ1) is 14.3. The molecule has 156 valence electrons. The van der Waals surface area contributed by atoms with Gasteiger partial charge >= 0.3 is 0 Å². The second kappa shape index (κ2) is 9.15. The third-order valence-corrected chi connectivity index (χ3v) is 4.86. The maximum atomic E-state index is 5.25. The minimum absolute atomic E-state index is 0.0108. The predicted molar refractivity (Wildman–Crippen MR) is 120 cm³/mol. The van der Waals surface area contributed by atoms with E-state index in [9.17, 15) is 0 Å². The van der Waals surface area contributed by atoms with Crippen molar-refractivity contribution >= 4 is 44.9 Å². The van der Waals surface area contributed by atoms with E-state index >= 15 is 0 Å². The van der Waals surface area contributed by atoms with Crippen molar-refractivity contribution in [1.82, 2.24) is 29.9 Å². The van der Waals surface area contributed by atoms with Crippen LogP contribution in [0.5, 0.6) is 0 Å². The molecule has 14 heteroatoms. The van der Waals surface area contributed by atoms with Crippen LogP contribution in [0.25, 0.3) is 22.8 Å². The molecule has 0 atom stereocenters. The summed E-state index contributed by atoms with van der Waals surface area (Å²) in [6, 6.07) is 0. The van der Waals surface area contributed by atoms with E-state index in [-0.39, 0.29) is 11.9 Å². The van der Waals surface area contributed by atoms with Crippen LogP contribution in [0.1, 0.15) is 11.6 Å². The number of aryl methyl sites for hydroxylation is 2. The molecule has 0 fully saturated rings. The summed E-state index contributed by atoms with van der Waals surface area (Å²) >= 11 is 2.75. The molecule has 4 aromatic rings. The van der Waals surface area contributed by atoms with Crippen LogP contribution in [0.15, 0.2) is 33.1 Å². The Bertz CT molecular complexity index is 1080. The van der Waals surface area contributed by atoms with Crippen molar-refractivity contribution in [3.05, 3.63) is 34.8 Å². The number of H-pyrrole nitrogens is 2. The van der Waals surface area contributed by atoms with Gasteiger partial charge in [0.2, 0.25) is 10.3 Å². The third-order valence-electron chi connectivity index (χ3n) is 3.39. The lowest BCUT2D eigenvalue weighted by Gasteiger charge is -1.88. The normalized spacial score (nSPS) is 10.2. The highest BCUT2D eigenvalue weighted by atomic mass is 32.1. The van der Waals surface area contributed by atoms with Gasteiger partial charge in [-0.05, 0) is 13.8 Å². The zero-order chi connectivity index (χ0) is 21.7. The molecule has 10 N–H and O–H groups in total. The van der Waals surface area contributed by atoms with Crippen molar-refractivity contribution in [2.24, 2.45) is 32.9 Å². The highest BCUT2D eigenvalue weighted by Gasteiger charge is 2.07. The van der Waals surface area contributed by atoms with Crippen LogP contribution in [-0.2, 0) is 0 Å². The summed E-state index contributed by atoms with van der Waals surface area (Å²) in [6.07, 6.45) is 3.45. The van der Waals surface area contributed by atoms with Gasteiger partial charge in [-0.1, -0.05) is 0 Å². The van der Waals surface area contributed by atoms with Gasteiger partial charge in [0.1, 0.15) is 23.0 Å². The molecular formula is C16H20N12S2. The van der Waals surface area contributed by atoms with Crippen LogP contribution in [0, 0.1) is 13.8 Å². The average Bonchev–Trinajstić information content (AvgIpc) is 3.42. The Kier molecular flexibility index (Phi) is 6.38. The Morgan fingerprint density at radius 2 is 1.17 bits per heavy atom. The van der Waals surface area contributed by atoms with Crippen LogP contribution >= 0.6 is 22.7 Å². The Labute approximate surface area is 179 Å². The van der Waals surface area contributed by atoms with Gasteiger partial charge in [-0.25, -0.2) is 19.9 Å². The zero-order valence-corrected chi connectivity index (χ0v) is 17.8. The number of nitrogens with zero attached hydrogens (tertiary/aromatic N) is 6. The van der Waals surface area contributed by atoms with Gasteiger partial charge in [-0.15, -0.1) is 22.7 Å². The fourth-order valence-electron chi connectivity index (χ4n) is 2.20.